The largest absolute Gasteiger partial charge is 0.296 e. The molecule has 0 bridgehead atoms. The molecule has 0 aliphatic rings. The molecule has 1 aromatic heterocycles. The zero-order valence-electron chi connectivity index (χ0n) is 11.2. The smallest absolute Gasteiger partial charge is 0.186 e. The summed E-state index contributed by atoms with van der Waals surface area (Å²) in [5.74, 6) is 0.194. The molecule has 0 N–H and O–H groups in total. The van der Waals surface area contributed by atoms with Crippen LogP contribution in [0.4, 0.5) is 0 Å². The minimum absolute atomic E-state index is 0.194. The Kier molecular flexibility index (Phi) is 7.56. The van der Waals surface area contributed by atoms with Crippen molar-refractivity contribution >= 4 is 28.7 Å². The first-order valence-corrected chi connectivity index (χ1v) is 7.87. The van der Waals surface area contributed by atoms with Gasteiger partial charge in [-0.2, -0.15) is 0 Å². The number of hydrogen-bond acceptors (Lipinski definition) is 3. The Hall–Kier alpha value is -0.380. The van der Waals surface area contributed by atoms with Gasteiger partial charge in [-0.25, -0.2) is 0 Å². The van der Waals surface area contributed by atoms with Crippen LogP contribution in [0.5, 0.6) is 0 Å². The van der Waals surface area contributed by atoms with Gasteiger partial charge in [-0.1, -0.05) is 38.3 Å². The van der Waals surface area contributed by atoms with E-state index in [0.29, 0.717) is 10.9 Å². The third-order valence-electron chi connectivity index (χ3n) is 2.87. The van der Waals surface area contributed by atoms with Crippen LogP contribution in [0.15, 0.2) is 12.1 Å². The predicted molar refractivity (Wildman–Crippen MR) is 79.9 cm³/mol. The van der Waals surface area contributed by atoms with Crippen LogP contribution >= 0.6 is 22.9 Å². The number of ketones is 1. The highest BCUT2D eigenvalue weighted by atomic mass is 35.5. The quantitative estimate of drug-likeness (QED) is 0.624. The fourth-order valence-electron chi connectivity index (χ4n) is 1.78. The molecule has 1 aromatic rings. The Balaban J connectivity index is 2.50. The number of nitrogens with zero attached hydrogens (tertiary/aromatic N) is 1. The molecule has 0 saturated carbocycles. The fourth-order valence-corrected chi connectivity index (χ4v) is 2.75. The highest BCUT2D eigenvalue weighted by molar-refractivity contribution is 7.18. The maximum absolute atomic E-state index is 12.1. The fraction of sp³-hybridized carbons (Fsp3) is 0.643. The lowest BCUT2D eigenvalue weighted by Gasteiger charge is -2.20. The van der Waals surface area contributed by atoms with E-state index >= 15 is 0 Å². The van der Waals surface area contributed by atoms with Crippen molar-refractivity contribution in [3.05, 3.63) is 21.3 Å². The Labute approximate surface area is 119 Å². The van der Waals surface area contributed by atoms with Crippen LogP contribution in [0.2, 0.25) is 4.34 Å². The Morgan fingerprint density at radius 1 is 1.22 bits per heavy atom. The minimum Gasteiger partial charge on any atom is -0.296 e. The van der Waals surface area contributed by atoms with Crippen molar-refractivity contribution in [2.45, 2.75) is 39.5 Å². The van der Waals surface area contributed by atoms with E-state index in [0.717, 1.165) is 30.8 Å². The molecule has 0 radical (unpaired) electrons. The van der Waals surface area contributed by atoms with Gasteiger partial charge in [0.25, 0.3) is 0 Å². The van der Waals surface area contributed by atoms with E-state index < -0.39 is 0 Å². The van der Waals surface area contributed by atoms with Crippen molar-refractivity contribution in [3.8, 4) is 0 Å². The topological polar surface area (TPSA) is 20.3 Å². The molecule has 18 heavy (non-hydrogen) atoms. The summed E-state index contributed by atoms with van der Waals surface area (Å²) >= 11 is 7.24. The number of unbranched alkanes of at least 4 members (excludes halogenated alkanes) is 2. The van der Waals surface area contributed by atoms with Crippen molar-refractivity contribution in [2.75, 3.05) is 19.6 Å². The molecule has 1 heterocycles. The molecule has 1 rings (SSSR count). The SMILES string of the molecule is CCCCN(CCCC)CC(=O)c1ccc(Cl)s1. The molecule has 0 aliphatic heterocycles. The Bertz CT molecular complexity index is 356. The van der Waals surface area contributed by atoms with Gasteiger partial charge in [0.05, 0.1) is 15.8 Å². The number of Topliss-reactive ketones (excluding diaryl/α,β-unsaturated/α-hetero) is 1. The molecular weight excluding hydrogens is 266 g/mol. The van der Waals surface area contributed by atoms with E-state index in [1.807, 2.05) is 6.07 Å². The molecule has 0 unspecified atom stereocenters. The molecule has 0 spiro atoms. The van der Waals surface area contributed by atoms with Crippen LogP contribution in [0.25, 0.3) is 0 Å². The van der Waals surface area contributed by atoms with Crippen molar-refractivity contribution in [3.63, 3.8) is 0 Å². The van der Waals surface area contributed by atoms with Gasteiger partial charge in [0.1, 0.15) is 0 Å². The lowest BCUT2D eigenvalue weighted by Crippen LogP contribution is -2.31. The number of hydrogen-bond donors (Lipinski definition) is 0. The van der Waals surface area contributed by atoms with Gasteiger partial charge in [-0.15, -0.1) is 11.3 Å². The molecule has 102 valence electrons. The lowest BCUT2D eigenvalue weighted by molar-refractivity contribution is 0.0932. The molecule has 0 aliphatic carbocycles. The van der Waals surface area contributed by atoms with Crippen molar-refractivity contribution in [1.29, 1.82) is 0 Å². The number of thiophene rings is 1. The van der Waals surface area contributed by atoms with Gasteiger partial charge in [0.2, 0.25) is 0 Å². The van der Waals surface area contributed by atoms with E-state index in [9.17, 15) is 4.79 Å². The number of rotatable bonds is 9. The van der Waals surface area contributed by atoms with Crippen LogP contribution in [-0.4, -0.2) is 30.3 Å². The van der Waals surface area contributed by atoms with Crippen LogP contribution in [-0.2, 0) is 0 Å². The monoisotopic (exact) mass is 287 g/mol. The summed E-state index contributed by atoms with van der Waals surface area (Å²) in [6.07, 6.45) is 4.65. The van der Waals surface area contributed by atoms with Crippen LogP contribution in [0.1, 0.15) is 49.2 Å². The third-order valence-corrected chi connectivity index (χ3v) is 4.14. The van der Waals surface area contributed by atoms with Crippen molar-refractivity contribution in [1.82, 2.24) is 4.90 Å². The van der Waals surface area contributed by atoms with Gasteiger partial charge in [-0.3, -0.25) is 9.69 Å². The molecule has 4 heteroatoms. The highest BCUT2D eigenvalue weighted by Gasteiger charge is 2.13. The summed E-state index contributed by atoms with van der Waals surface area (Å²) < 4.78 is 0.687. The Morgan fingerprint density at radius 2 is 1.83 bits per heavy atom. The molecular formula is C14H22ClNOS. The van der Waals surface area contributed by atoms with Gasteiger partial charge >= 0.3 is 0 Å². The second-order valence-corrected chi connectivity index (χ2v) is 6.23. The van der Waals surface area contributed by atoms with E-state index in [4.69, 9.17) is 11.6 Å². The molecule has 0 aromatic carbocycles. The summed E-state index contributed by atoms with van der Waals surface area (Å²) in [5, 5.41) is 0. The molecule has 0 fully saturated rings. The van der Waals surface area contributed by atoms with E-state index in [1.54, 1.807) is 6.07 Å². The van der Waals surface area contributed by atoms with Crippen LogP contribution < -0.4 is 0 Å². The average Bonchev–Trinajstić information content (AvgIpc) is 2.79. The summed E-state index contributed by atoms with van der Waals surface area (Å²) in [6, 6.07) is 3.62. The van der Waals surface area contributed by atoms with E-state index in [1.165, 1.54) is 24.2 Å². The van der Waals surface area contributed by atoms with Crippen molar-refractivity contribution in [2.24, 2.45) is 0 Å². The molecule has 2 nitrogen and oxygen atoms in total. The summed E-state index contributed by atoms with van der Waals surface area (Å²) in [5.41, 5.74) is 0. The normalized spacial score (nSPS) is 11.1. The van der Waals surface area contributed by atoms with Gasteiger partial charge in [0.15, 0.2) is 5.78 Å². The number of halogens is 1. The summed E-state index contributed by atoms with van der Waals surface area (Å²) in [7, 11) is 0. The second-order valence-electron chi connectivity index (χ2n) is 4.51. The minimum atomic E-state index is 0.194. The maximum Gasteiger partial charge on any atom is 0.186 e. The first-order valence-electron chi connectivity index (χ1n) is 6.68. The number of carbonyl (C=O) groups is 1. The second kappa shape index (κ2) is 8.68. The molecule has 0 atom stereocenters. The number of carbonyl (C=O) groups excluding carboxylic acids is 1. The standard InChI is InChI=1S/C14H22ClNOS/c1-3-5-9-16(10-6-4-2)11-12(17)13-7-8-14(15)18-13/h7-8H,3-6,9-11H2,1-2H3. The predicted octanol–water partition coefficient (Wildman–Crippen LogP) is 4.49. The first kappa shape index (κ1) is 15.7. The summed E-state index contributed by atoms with van der Waals surface area (Å²) in [6.45, 7) is 6.91. The highest BCUT2D eigenvalue weighted by Crippen LogP contribution is 2.22. The van der Waals surface area contributed by atoms with Gasteiger partial charge < -0.3 is 0 Å². The molecule has 0 saturated heterocycles. The lowest BCUT2D eigenvalue weighted by atomic mass is 10.2. The zero-order chi connectivity index (χ0) is 13.4. The van der Waals surface area contributed by atoms with Crippen LogP contribution in [0.3, 0.4) is 0 Å². The maximum atomic E-state index is 12.1. The van der Waals surface area contributed by atoms with E-state index in [2.05, 4.69) is 18.7 Å². The van der Waals surface area contributed by atoms with E-state index in [-0.39, 0.29) is 5.78 Å². The van der Waals surface area contributed by atoms with Crippen LogP contribution in [0, 0.1) is 0 Å². The van der Waals surface area contributed by atoms with Gasteiger partial charge in [-0.05, 0) is 38.1 Å². The Morgan fingerprint density at radius 3 is 2.28 bits per heavy atom. The first-order chi connectivity index (χ1) is 8.67. The zero-order valence-corrected chi connectivity index (χ0v) is 12.8. The molecule has 0 amide bonds. The third kappa shape index (κ3) is 5.51. The van der Waals surface area contributed by atoms with Crippen molar-refractivity contribution < 1.29 is 4.79 Å². The average molecular weight is 288 g/mol. The van der Waals surface area contributed by atoms with Gasteiger partial charge in [0, 0.05) is 0 Å². The summed E-state index contributed by atoms with van der Waals surface area (Å²) in [4.78, 5) is 15.1.